The molecule has 0 bridgehead atoms. The predicted molar refractivity (Wildman–Crippen MR) is 69.3 cm³/mol. The van der Waals surface area contributed by atoms with Crippen molar-refractivity contribution in [3.63, 3.8) is 0 Å². The van der Waals surface area contributed by atoms with E-state index in [9.17, 15) is 0 Å². The van der Waals surface area contributed by atoms with Gasteiger partial charge in [0.1, 0.15) is 0 Å². The van der Waals surface area contributed by atoms with Crippen LogP contribution < -0.4 is 11.1 Å². The summed E-state index contributed by atoms with van der Waals surface area (Å²) < 4.78 is 0. The van der Waals surface area contributed by atoms with E-state index in [-0.39, 0.29) is 0 Å². The zero-order valence-electron chi connectivity index (χ0n) is 10.3. The standard InChI is InChI=1S/C14H22N2/c1-11-8-12(4-5-13(11)15)9-16-10-14(2)6-3-7-14/h4-5,8,16H,3,6-7,9-10,15H2,1-2H3. The molecule has 0 amide bonds. The highest BCUT2D eigenvalue weighted by Crippen LogP contribution is 2.39. The third kappa shape index (κ3) is 2.56. The van der Waals surface area contributed by atoms with Crippen molar-refractivity contribution in [2.75, 3.05) is 12.3 Å². The maximum Gasteiger partial charge on any atom is 0.0343 e. The van der Waals surface area contributed by atoms with E-state index < -0.39 is 0 Å². The molecule has 1 aromatic carbocycles. The van der Waals surface area contributed by atoms with Gasteiger partial charge in [-0.05, 0) is 42.4 Å². The summed E-state index contributed by atoms with van der Waals surface area (Å²) in [5, 5.41) is 3.55. The third-order valence-electron chi connectivity index (χ3n) is 3.78. The van der Waals surface area contributed by atoms with E-state index in [2.05, 4.69) is 31.3 Å². The fourth-order valence-corrected chi connectivity index (χ4v) is 2.31. The fourth-order valence-electron chi connectivity index (χ4n) is 2.31. The smallest absolute Gasteiger partial charge is 0.0343 e. The summed E-state index contributed by atoms with van der Waals surface area (Å²) in [7, 11) is 0. The van der Waals surface area contributed by atoms with Gasteiger partial charge < -0.3 is 11.1 Å². The monoisotopic (exact) mass is 218 g/mol. The molecule has 0 unspecified atom stereocenters. The molecule has 0 spiro atoms. The van der Waals surface area contributed by atoms with E-state index >= 15 is 0 Å². The molecule has 2 heteroatoms. The summed E-state index contributed by atoms with van der Waals surface area (Å²) in [6.45, 7) is 6.52. The van der Waals surface area contributed by atoms with E-state index in [0.717, 1.165) is 18.8 Å². The van der Waals surface area contributed by atoms with Crippen molar-refractivity contribution in [2.45, 2.75) is 39.7 Å². The minimum Gasteiger partial charge on any atom is -0.399 e. The summed E-state index contributed by atoms with van der Waals surface area (Å²) in [5.74, 6) is 0. The third-order valence-corrected chi connectivity index (χ3v) is 3.78. The van der Waals surface area contributed by atoms with Gasteiger partial charge in [0.15, 0.2) is 0 Å². The first-order valence-electron chi connectivity index (χ1n) is 6.15. The number of aryl methyl sites for hydroxylation is 1. The zero-order chi connectivity index (χ0) is 11.6. The Kier molecular flexibility index (Phi) is 3.20. The fraction of sp³-hybridized carbons (Fsp3) is 0.571. The number of nitrogens with two attached hydrogens (primary N) is 1. The van der Waals surface area contributed by atoms with Gasteiger partial charge in [-0.3, -0.25) is 0 Å². The van der Waals surface area contributed by atoms with Crippen molar-refractivity contribution in [1.29, 1.82) is 0 Å². The molecule has 0 radical (unpaired) electrons. The lowest BCUT2D eigenvalue weighted by molar-refractivity contribution is 0.156. The summed E-state index contributed by atoms with van der Waals surface area (Å²) in [4.78, 5) is 0. The van der Waals surface area contributed by atoms with Crippen molar-refractivity contribution in [3.05, 3.63) is 29.3 Å². The molecule has 0 saturated heterocycles. The number of hydrogen-bond acceptors (Lipinski definition) is 2. The van der Waals surface area contributed by atoms with Crippen LogP contribution in [0.5, 0.6) is 0 Å². The molecule has 1 aliphatic carbocycles. The van der Waals surface area contributed by atoms with Gasteiger partial charge in [-0.2, -0.15) is 0 Å². The number of nitrogens with one attached hydrogen (secondary N) is 1. The Hall–Kier alpha value is -1.02. The molecule has 1 fully saturated rings. The Morgan fingerprint density at radius 3 is 2.69 bits per heavy atom. The summed E-state index contributed by atoms with van der Waals surface area (Å²) in [5.41, 5.74) is 9.74. The molecule has 16 heavy (non-hydrogen) atoms. The lowest BCUT2D eigenvalue weighted by Crippen LogP contribution is -2.36. The predicted octanol–water partition coefficient (Wildman–Crippen LogP) is 2.86. The second kappa shape index (κ2) is 4.46. The van der Waals surface area contributed by atoms with Crippen molar-refractivity contribution in [1.82, 2.24) is 5.32 Å². The van der Waals surface area contributed by atoms with Crippen LogP contribution >= 0.6 is 0 Å². The first-order chi connectivity index (χ1) is 7.59. The van der Waals surface area contributed by atoms with Crippen LogP contribution in [0.25, 0.3) is 0 Å². The molecular weight excluding hydrogens is 196 g/mol. The van der Waals surface area contributed by atoms with Gasteiger partial charge in [0, 0.05) is 18.8 Å². The minimum atomic E-state index is 0.558. The van der Waals surface area contributed by atoms with E-state index in [1.165, 1.54) is 30.4 Å². The Labute approximate surface area is 98.2 Å². The molecule has 1 aromatic rings. The zero-order valence-corrected chi connectivity index (χ0v) is 10.3. The molecule has 88 valence electrons. The Morgan fingerprint density at radius 1 is 1.38 bits per heavy atom. The Morgan fingerprint density at radius 2 is 2.12 bits per heavy atom. The molecule has 2 rings (SSSR count). The lowest BCUT2D eigenvalue weighted by Gasteiger charge is -2.38. The normalized spacial score (nSPS) is 18.1. The van der Waals surface area contributed by atoms with Crippen LogP contribution in [0.2, 0.25) is 0 Å². The first-order valence-corrected chi connectivity index (χ1v) is 6.15. The second-order valence-electron chi connectivity index (χ2n) is 5.46. The van der Waals surface area contributed by atoms with E-state index in [1.807, 2.05) is 6.07 Å². The lowest BCUT2D eigenvalue weighted by atomic mass is 9.70. The van der Waals surface area contributed by atoms with E-state index in [0.29, 0.717) is 5.41 Å². The van der Waals surface area contributed by atoms with E-state index in [4.69, 9.17) is 5.73 Å². The molecule has 0 aromatic heterocycles. The molecule has 1 saturated carbocycles. The molecule has 0 heterocycles. The molecule has 3 N–H and O–H groups in total. The average molecular weight is 218 g/mol. The second-order valence-corrected chi connectivity index (χ2v) is 5.46. The van der Waals surface area contributed by atoms with E-state index in [1.54, 1.807) is 0 Å². The van der Waals surface area contributed by atoms with Gasteiger partial charge in [0.25, 0.3) is 0 Å². The summed E-state index contributed by atoms with van der Waals surface area (Å²) >= 11 is 0. The van der Waals surface area contributed by atoms with Gasteiger partial charge in [0.05, 0.1) is 0 Å². The highest BCUT2D eigenvalue weighted by atomic mass is 14.9. The average Bonchev–Trinajstić information content (AvgIpc) is 2.21. The van der Waals surface area contributed by atoms with Gasteiger partial charge in [0.2, 0.25) is 0 Å². The van der Waals surface area contributed by atoms with Crippen molar-refractivity contribution < 1.29 is 0 Å². The van der Waals surface area contributed by atoms with Gasteiger partial charge in [-0.1, -0.05) is 25.5 Å². The topological polar surface area (TPSA) is 38.0 Å². The summed E-state index contributed by atoms with van der Waals surface area (Å²) in [6.07, 6.45) is 4.15. The number of hydrogen-bond donors (Lipinski definition) is 2. The maximum atomic E-state index is 5.80. The molecule has 2 nitrogen and oxygen atoms in total. The van der Waals surface area contributed by atoms with Crippen LogP contribution in [0.15, 0.2) is 18.2 Å². The molecule has 1 aliphatic rings. The Balaban J connectivity index is 1.83. The van der Waals surface area contributed by atoms with Crippen molar-refractivity contribution in [2.24, 2.45) is 5.41 Å². The van der Waals surface area contributed by atoms with Gasteiger partial charge in [-0.15, -0.1) is 0 Å². The number of benzene rings is 1. The quantitative estimate of drug-likeness (QED) is 0.763. The molecular formula is C14H22N2. The Bertz CT molecular complexity index is 367. The highest BCUT2D eigenvalue weighted by Gasteiger charge is 2.30. The first kappa shape index (κ1) is 11.5. The largest absolute Gasteiger partial charge is 0.399 e. The van der Waals surface area contributed by atoms with Crippen LogP contribution in [-0.2, 0) is 6.54 Å². The van der Waals surface area contributed by atoms with Crippen LogP contribution in [0.3, 0.4) is 0 Å². The number of rotatable bonds is 4. The van der Waals surface area contributed by atoms with Crippen LogP contribution in [-0.4, -0.2) is 6.54 Å². The van der Waals surface area contributed by atoms with Gasteiger partial charge >= 0.3 is 0 Å². The minimum absolute atomic E-state index is 0.558. The molecule has 0 atom stereocenters. The molecule has 0 aliphatic heterocycles. The number of nitrogen functional groups attached to an aromatic ring is 1. The maximum absolute atomic E-state index is 5.80. The van der Waals surface area contributed by atoms with Crippen LogP contribution in [0.4, 0.5) is 5.69 Å². The van der Waals surface area contributed by atoms with Crippen molar-refractivity contribution in [3.8, 4) is 0 Å². The van der Waals surface area contributed by atoms with Gasteiger partial charge in [-0.25, -0.2) is 0 Å². The number of anilines is 1. The van der Waals surface area contributed by atoms with Crippen molar-refractivity contribution >= 4 is 5.69 Å². The van der Waals surface area contributed by atoms with Crippen LogP contribution in [0.1, 0.15) is 37.3 Å². The highest BCUT2D eigenvalue weighted by molar-refractivity contribution is 5.47. The summed E-state index contributed by atoms with van der Waals surface area (Å²) in [6, 6.07) is 6.28. The van der Waals surface area contributed by atoms with Crippen LogP contribution in [0, 0.1) is 12.3 Å². The SMILES string of the molecule is Cc1cc(CNCC2(C)CCC2)ccc1N.